The Kier molecular flexibility index (Phi) is 5.33. The maximum Gasteiger partial charge on any atom is 0.219 e. The van der Waals surface area contributed by atoms with Crippen LogP contribution in [0.5, 0.6) is 17.2 Å². The van der Waals surface area contributed by atoms with E-state index in [0.29, 0.717) is 40.6 Å². The summed E-state index contributed by atoms with van der Waals surface area (Å²) in [6, 6.07) is 10.3. The van der Waals surface area contributed by atoms with Gasteiger partial charge in [-0.1, -0.05) is 23.7 Å². The van der Waals surface area contributed by atoms with E-state index < -0.39 is 6.04 Å². The van der Waals surface area contributed by atoms with Crippen LogP contribution in [0.3, 0.4) is 0 Å². The van der Waals surface area contributed by atoms with Crippen LogP contribution in [0.2, 0.25) is 5.02 Å². The van der Waals surface area contributed by atoms with Crippen LogP contribution in [-0.2, 0) is 4.79 Å². The van der Waals surface area contributed by atoms with Gasteiger partial charge in [-0.3, -0.25) is 4.79 Å². The number of hydrogen-bond donors (Lipinski definition) is 3. The number of allylic oxidation sites excluding steroid dienone is 1. The molecule has 10 heteroatoms. The third-order valence-electron chi connectivity index (χ3n) is 6.01. The maximum atomic E-state index is 13.5. The van der Waals surface area contributed by atoms with Crippen molar-refractivity contribution < 1.29 is 24.0 Å². The SMILES string of the molecule is COc1cc([C@@H]2Nc3nonc3NC3=C2C(=O)C[C@@H](c2ccc(Cl)cc2)C3)cc(OC)c1O. The van der Waals surface area contributed by atoms with Crippen LogP contribution in [0.1, 0.15) is 35.9 Å². The van der Waals surface area contributed by atoms with Crippen LogP contribution >= 0.6 is 11.6 Å². The highest BCUT2D eigenvalue weighted by Gasteiger charge is 2.38. The number of halogens is 1. The van der Waals surface area contributed by atoms with Crippen molar-refractivity contribution >= 4 is 29.0 Å². The Morgan fingerprint density at radius 2 is 1.70 bits per heavy atom. The highest BCUT2D eigenvalue weighted by Crippen LogP contribution is 2.46. The van der Waals surface area contributed by atoms with Crippen molar-refractivity contribution in [2.75, 3.05) is 24.9 Å². The van der Waals surface area contributed by atoms with Gasteiger partial charge in [0.25, 0.3) is 0 Å². The molecule has 0 unspecified atom stereocenters. The van der Waals surface area contributed by atoms with E-state index in [9.17, 15) is 9.90 Å². The summed E-state index contributed by atoms with van der Waals surface area (Å²) in [5.74, 6) is 1.06. The third kappa shape index (κ3) is 3.74. The normalized spacial score (nSPS) is 19.7. The fraction of sp³-hybridized carbons (Fsp3) is 0.261. The number of ketones is 1. The summed E-state index contributed by atoms with van der Waals surface area (Å²) in [6.07, 6.45) is 0.918. The van der Waals surface area contributed by atoms with Crippen molar-refractivity contribution in [3.63, 3.8) is 0 Å². The van der Waals surface area contributed by atoms with E-state index in [0.717, 1.165) is 11.3 Å². The van der Waals surface area contributed by atoms with Crippen LogP contribution < -0.4 is 20.1 Å². The minimum absolute atomic E-state index is 0.0192. The van der Waals surface area contributed by atoms with E-state index in [-0.39, 0.29) is 28.9 Å². The first-order valence-corrected chi connectivity index (χ1v) is 10.7. The molecule has 33 heavy (non-hydrogen) atoms. The summed E-state index contributed by atoms with van der Waals surface area (Å²) in [5.41, 5.74) is 2.98. The van der Waals surface area contributed by atoms with Gasteiger partial charge < -0.3 is 25.2 Å². The standard InChI is InChI=1S/C23H21ClN4O5/c1-31-17-9-13(10-18(32-2)21(17)30)20-19-15(25-22-23(26-20)28-33-27-22)7-12(8-16(19)29)11-3-5-14(24)6-4-11/h3-6,9-10,12,20,30H,7-8H2,1-2H3,(H,25,27)(H,26,28)/t12-,20-/m0/s1. The lowest BCUT2D eigenvalue weighted by atomic mass is 9.78. The Morgan fingerprint density at radius 1 is 1.03 bits per heavy atom. The smallest absolute Gasteiger partial charge is 0.219 e. The molecule has 0 amide bonds. The average molecular weight is 469 g/mol. The molecule has 170 valence electrons. The van der Waals surface area contributed by atoms with Crippen LogP contribution in [0.25, 0.3) is 0 Å². The molecule has 2 atom stereocenters. The molecule has 3 N–H and O–H groups in total. The Bertz CT molecular complexity index is 1230. The predicted octanol–water partition coefficient (Wildman–Crippen LogP) is 4.43. The number of phenolic OH excluding ortho intramolecular Hbond substituents is 1. The van der Waals surface area contributed by atoms with Gasteiger partial charge in [-0.2, -0.15) is 0 Å². The second-order valence-corrected chi connectivity index (χ2v) is 8.35. The van der Waals surface area contributed by atoms with Crippen LogP contribution in [0, 0.1) is 0 Å². The van der Waals surface area contributed by atoms with Gasteiger partial charge in [0.05, 0.1) is 20.3 Å². The molecular weight excluding hydrogens is 448 g/mol. The number of phenols is 1. The molecule has 0 spiro atoms. The zero-order valence-corrected chi connectivity index (χ0v) is 18.6. The zero-order chi connectivity index (χ0) is 23.1. The van der Waals surface area contributed by atoms with E-state index in [2.05, 4.69) is 20.9 Å². The third-order valence-corrected chi connectivity index (χ3v) is 6.26. The van der Waals surface area contributed by atoms with E-state index in [1.165, 1.54) is 14.2 Å². The average Bonchev–Trinajstić information content (AvgIpc) is 3.18. The van der Waals surface area contributed by atoms with E-state index >= 15 is 0 Å². The van der Waals surface area contributed by atoms with Crippen molar-refractivity contribution in [3.05, 3.63) is 63.8 Å². The Labute approximate surface area is 194 Å². The fourth-order valence-electron chi connectivity index (χ4n) is 4.40. The van der Waals surface area contributed by atoms with Crippen molar-refractivity contribution in [1.29, 1.82) is 0 Å². The maximum absolute atomic E-state index is 13.5. The number of aromatic nitrogens is 2. The number of fused-ring (bicyclic) bond motifs is 1. The summed E-state index contributed by atoms with van der Waals surface area (Å²) in [7, 11) is 2.90. The molecule has 0 radical (unpaired) electrons. The number of nitrogens with one attached hydrogen (secondary N) is 2. The lowest BCUT2D eigenvalue weighted by molar-refractivity contribution is -0.116. The number of carbonyl (C=O) groups is 1. The molecule has 0 saturated carbocycles. The van der Waals surface area contributed by atoms with E-state index in [4.69, 9.17) is 25.7 Å². The fourth-order valence-corrected chi connectivity index (χ4v) is 4.53. The molecular formula is C23H21ClN4O5. The summed E-state index contributed by atoms with van der Waals surface area (Å²) < 4.78 is 15.6. The molecule has 2 aromatic carbocycles. The number of hydrogen-bond acceptors (Lipinski definition) is 9. The van der Waals surface area contributed by atoms with Gasteiger partial charge >= 0.3 is 0 Å². The molecule has 9 nitrogen and oxygen atoms in total. The summed E-state index contributed by atoms with van der Waals surface area (Å²) in [5, 5.41) is 25.4. The number of Topliss-reactive ketones (excluding diaryl/α,β-unsaturated/α-hetero) is 1. The van der Waals surface area contributed by atoms with Gasteiger partial charge in [0.2, 0.25) is 17.4 Å². The minimum Gasteiger partial charge on any atom is -0.502 e. The summed E-state index contributed by atoms with van der Waals surface area (Å²) >= 11 is 6.04. The molecule has 1 aliphatic carbocycles. The van der Waals surface area contributed by atoms with Crippen molar-refractivity contribution in [3.8, 4) is 17.2 Å². The van der Waals surface area contributed by atoms with E-state index in [1.54, 1.807) is 12.1 Å². The minimum atomic E-state index is -0.595. The van der Waals surface area contributed by atoms with Crippen molar-refractivity contribution in [2.24, 2.45) is 0 Å². The Balaban J connectivity index is 1.62. The molecule has 2 heterocycles. The van der Waals surface area contributed by atoms with Gasteiger partial charge in [0, 0.05) is 22.7 Å². The Hall–Kier alpha value is -3.72. The van der Waals surface area contributed by atoms with Gasteiger partial charge in [-0.25, -0.2) is 4.63 Å². The second kappa shape index (κ2) is 8.32. The summed E-state index contributed by atoms with van der Waals surface area (Å²) in [4.78, 5) is 13.5. The number of carbonyl (C=O) groups excluding carboxylic acids is 1. The molecule has 5 rings (SSSR count). The number of anilines is 2. The first-order chi connectivity index (χ1) is 16.0. The lowest BCUT2D eigenvalue weighted by Gasteiger charge is -2.30. The predicted molar refractivity (Wildman–Crippen MR) is 121 cm³/mol. The molecule has 1 aliphatic heterocycles. The largest absolute Gasteiger partial charge is 0.502 e. The second-order valence-electron chi connectivity index (χ2n) is 7.91. The van der Waals surface area contributed by atoms with Gasteiger partial charge in [0.15, 0.2) is 17.3 Å². The molecule has 2 aliphatic rings. The molecule has 0 saturated heterocycles. The number of ether oxygens (including phenoxy) is 2. The topological polar surface area (TPSA) is 119 Å². The first kappa shape index (κ1) is 21.1. The highest BCUT2D eigenvalue weighted by molar-refractivity contribution is 6.30. The zero-order valence-electron chi connectivity index (χ0n) is 17.9. The Morgan fingerprint density at radius 3 is 2.36 bits per heavy atom. The van der Waals surface area contributed by atoms with Gasteiger partial charge in [-0.15, -0.1) is 0 Å². The molecule has 0 fully saturated rings. The quantitative estimate of drug-likeness (QED) is 0.511. The van der Waals surface area contributed by atoms with Crippen molar-refractivity contribution in [1.82, 2.24) is 10.3 Å². The first-order valence-electron chi connectivity index (χ1n) is 10.3. The van der Waals surface area contributed by atoms with Crippen LogP contribution in [-0.4, -0.2) is 35.4 Å². The number of aromatic hydroxyl groups is 1. The number of nitrogens with zero attached hydrogens (tertiary/aromatic N) is 2. The monoisotopic (exact) mass is 468 g/mol. The molecule has 1 aromatic heterocycles. The highest BCUT2D eigenvalue weighted by atomic mass is 35.5. The molecule has 3 aromatic rings. The van der Waals surface area contributed by atoms with Gasteiger partial charge in [0.1, 0.15) is 0 Å². The lowest BCUT2D eigenvalue weighted by Crippen LogP contribution is -2.27. The summed E-state index contributed by atoms with van der Waals surface area (Å²) in [6.45, 7) is 0. The van der Waals surface area contributed by atoms with E-state index in [1.807, 2.05) is 24.3 Å². The number of rotatable bonds is 4. The van der Waals surface area contributed by atoms with Crippen LogP contribution in [0.4, 0.5) is 11.6 Å². The molecule has 0 bridgehead atoms. The number of benzene rings is 2. The van der Waals surface area contributed by atoms with Crippen molar-refractivity contribution in [2.45, 2.75) is 24.8 Å². The van der Waals surface area contributed by atoms with Crippen LogP contribution in [0.15, 0.2) is 52.3 Å². The van der Waals surface area contributed by atoms with Gasteiger partial charge in [-0.05, 0) is 58.0 Å². The number of methoxy groups -OCH3 is 2.